The van der Waals surface area contributed by atoms with Crippen LogP contribution >= 0.6 is 0 Å². The van der Waals surface area contributed by atoms with Crippen LogP contribution in [0.4, 0.5) is 0 Å². The summed E-state index contributed by atoms with van der Waals surface area (Å²) < 4.78 is 5.40. The van der Waals surface area contributed by atoms with Crippen molar-refractivity contribution in [2.75, 3.05) is 19.8 Å². The van der Waals surface area contributed by atoms with Crippen LogP contribution in [0.2, 0.25) is 0 Å². The highest BCUT2D eigenvalue weighted by Gasteiger charge is 2.38. The monoisotopic (exact) mass is 268 g/mol. The molecule has 1 saturated heterocycles. The zero-order valence-corrected chi connectivity index (χ0v) is 12.1. The molecule has 2 atom stereocenters. The topological polar surface area (TPSA) is 64.4 Å². The summed E-state index contributed by atoms with van der Waals surface area (Å²) in [5.74, 6) is 0.640. The Balaban J connectivity index is 1.95. The normalized spacial score (nSPS) is 28.6. The largest absolute Gasteiger partial charge is 0.381 e. The van der Waals surface area contributed by atoms with Gasteiger partial charge in [0.2, 0.25) is 5.91 Å². The molecule has 3 N–H and O–H groups in total. The van der Waals surface area contributed by atoms with Gasteiger partial charge in [-0.1, -0.05) is 25.7 Å². The van der Waals surface area contributed by atoms with Crippen LogP contribution in [0.15, 0.2) is 0 Å². The standard InChI is InChI=1S/C15H28N2O2/c1-12(13-6-9-19-10-13)17-14(18)15(11-16)7-4-2-3-5-8-15/h12-13H,2-11,16H2,1H3,(H,17,18). The van der Waals surface area contributed by atoms with Crippen molar-refractivity contribution in [3.05, 3.63) is 0 Å². The molecular formula is C15H28N2O2. The molecule has 0 aromatic rings. The van der Waals surface area contributed by atoms with Crippen LogP contribution in [0.25, 0.3) is 0 Å². The molecule has 4 heteroatoms. The van der Waals surface area contributed by atoms with E-state index in [4.69, 9.17) is 10.5 Å². The molecule has 19 heavy (non-hydrogen) atoms. The van der Waals surface area contributed by atoms with Crippen LogP contribution in [-0.4, -0.2) is 31.7 Å². The van der Waals surface area contributed by atoms with E-state index in [1.165, 1.54) is 12.8 Å². The van der Waals surface area contributed by atoms with Crippen LogP contribution in [0.1, 0.15) is 51.9 Å². The molecule has 0 spiro atoms. The van der Waals surface area contributed by atoms with E-state index in [-0.39, 0.29) is 17.4 Å². The molecule has 0 aromatic carbocycles. The third kappa shape index (κ3) is 3.48. The lowest BCUT2D eigenvalue weighted by Gasteiger charge is -2.32. The van der Waals surface area contributed by atoms with E-state index in [1.807, 2.05) is 0 Å². The maximum absolute atomic E-state index is 12.6. The van der Waals surface area contributed by atoms with Gasteiger partial charge in [0, 0.05) is 25.1 Å². The Labute approximate surface area is 116 Å². The van der Waals surface area contributed by atoms with Gasteiger partial charge in [-0.2, -0.15) is 0 Å². The Morgan fingerprint density at radius 1 is 1.37 bits per heavy atom. The average Bonchev–Trinajstić information content (AvgIpc) is 2.84. The minimum Gasteiger partial charge on any atom is -0.381 e. The quantitative estimate of drug-likeness (QED) is 0.765. The van der Waals surface area contributed by atoms with E-state index < -0.39 is 0 Å². The summed E-state index contributed by atoms with van der Waals surface area (Å²) >= 11 is 0. The highest BCUT2D eigenvalue weighted by Crippen LogP contribution is 2.34. The first-order valence-electron chi connectivity index (χ1n) is 7.77. The second-order valence-corrected chi connectivity index (χ2v) is 6.28. The molecule has 1 aliphatic heterocycles. The molecule has 1 heterocycles. The Hall–Kier alpha value is -0.610. The zero-order valence-electron chi connectivity index (χ0n) is 12.1. The number of carbonyl (C=O) groups is 1. The Morgan fingerprint density at radius 2 is 2.05 bits per heavy atom. The molecule has 0 bridgehead atoms. The van der Waals surface area contributed by atoms with E-state index in [0.717, 1.165) is 45.3 Å². The van der Waals surface area contributed by atoms with Crippen molar-refractivity contribution in [2.24, 2.45) is 17.1 Å². The lowest BCUT2D eigenvalue weighted by atomic mass is 9.79. The molecular weight excluding hydrogens is 240 g/mol. The average molecular weight is 268 g/mol. The summed E-state index contributed by atoms with van der Waals surface area (Å²) in [5, 5.41) is 3.21. The number of nitrogens with one attached hydrogen (secondary N) is 1. The molecule has 2 fully saturated rings. The van der Waals surface area contributed by atoms with Crippen molar-refractivity contribution in [1.82, 2.24) is 5.32 Å². The first-order chi connectivity index (χ1) is 9.18. The summed E-state index contributed by atoms with van der Waals surface area (Å²) in [4.78, 5) is 12.6. The highest BCUT2D eigenvalue weighted by molar-refractivity contribution is 5.83. The predicted molar refractivity (Wildman–Crippen MR) is 75.7 cm³/mol. The number of nitrogens with two attached hydrogens (primary N) is 1. The second-order valence-electron chi connectivity index (χ2n) is 6.28. The van der Waals surface area contributed by atoms with E-state index >= 15 is 0 Å². The summed E-state index contributed by atoms with van der Waals surface area (Å²) in [7, 11) is 0. The van der Waals surface area contributed by atoms with Crippen molar-refractivity contribution in [3.8, 4) is 0 Å². The lowest BCUT2D eigenvalue weighted by Crippen LogP contribution is -2.50. The molecule has 0 radical (unpaired) electrons. The van der Waals surface area contributed by atoms with Crippen molar-refractivity contribution >= 4 is 5.91 Å². The van der Waals surface area contributed by atoms with Gasteiger partial charge in [-0.15, -0.1) is 0 Å². The van der Waals surface area contributed by atoms with Gasteiger partial charge in [0.1, 0.15) is 0 Å². The number of hydrogen-bond donors (Lipinski definition) is 2. The van der Waals surface area contributed by atoms with Crippen LogP contribution in [0.5, 0.6) is 0 Å². The second kappa shape index (κ2) is 6.71. The van der Waals surface area contributed by atoms with Gasteiger partial charge in [-0.05, 0) is 26.2 Å². The van der Waals surface area contributed by atoms with Crippen LogP contribution in [0.3, 0.4) is 0 Å². The van der Waals surface area contributed by atoms with Gasteiger partial charge in [0.05, 0.1) is 12.0 Å². The lowest BCUT2D eigenvalue weighted by molar-refractivity contribution is -0.132. The molecule has 110 valence electrons. The third-order valence-electron chi connectivity index (χ3n) is 4.96. The molecule has 1 amide bonds. The van der Waals surface area contributed by atoms with Crippen molar-refractivity contribution in [1.29, 1.82) is 0 Å². The van der Waals surface area contributed by atoms with Crippen LogP contribution in [-0.2, 0) is 9.53 Å². The summed E-state index contributed by atoms with van der Waals surface area (Å²) in [6.45, 7) is 4.18. The van der Waals surface area contributed by atoms with Crippen molar-refractivity contribution in [3.63, 3.8) is 0 Å². The fraction of sp³-hybridized carbons (Fsp3) is 0.933. The number of amides is 1. The Kier molecular flexibility index (Phi) is 5.22. The van der Waals surface area contributed by atoms with Crippen LogP contribution < -0.4 is 11.1 Å². The molecule has 2 rings (SSSR count). The van der Waals surface area contributed by atoms with Crippen molar-refractivity contribution in [2.45, 2.75) is 57.9 Å². The zero-order chi connectivity index (χ0) is 13.7. The Bertz CT molecular complexity index is 293. The summed E-state index contributed by atoms with van der Waals surface area (Å²) in [6, 6.07) is 0.196. The summed E-state index contributed by atoms with van der Waals surface area (Å²) in [6.07, 6.45) is 7.68. The Morgan fingerprint density at radius 3 is 2.58 bits per heavy atom. The summed E-state index contributed by atoms with van der Waals surface area (Å²) in [5.41, 5.74) is 5.64. The molecule has 2 aliphatic rings. The first-order valence-corrected chi connectivity index (χ1v) is 7.77. The van der Waals surface area contributed by atoms with Gasteiger partial charge in [-0.3, -0.25) is 4.79 Å². The minimum atomic E-state index is -0.315. The number of rotatable bonds is 4. The van der Waals surface area contributed by atoms with Crippen LogP contribution in [0, 0.1) is 11.3 Å². The fourth-order valence-corrected chi connectivity index (χ4v) is 3.35. The fourth-order valence-electron chi connectivity index (χ4n) is 3.35. The smallest absolute Gasteiger partial charge is 0.227 e. The van der Waals surface area contributed by atoms with E-state index in [0.29, 0.717) is 12.5 Å². The third-order valence-corrected chi connectivity index (χ3v) is 4.96. The van der Waals surface area contributed by atoms with Gasteiger partial charge < -0.3 is 15.8 Å². The van der Waals surface area contributed by atoms with Gasteiger partial charge >= 0.3 is 0 Å². The van der Waals surface area contributed by atoms with E-state index in [9.17, 15) is 4.79 Å². The van der Waals surface area contributed by atoms with E-state index in [2.05, 4.69) is 12.2 Å². The predicted octanol–water partition coefficient (Wildman–Crippen LogP) is 1.83. The van der Waals surface area contributed by atoms with Crippen molar-refractivity contribution < 1.29 is 9.53 Å². The number of hydrogen-bond acceptors (Lipinski definition) is 3. The SMILES string of the molecule is CC(NC(=O)C1(CN)CCCCCC1)C1CCOC1. The molecule has 0 aromatic heterocycles. The maximum Gasteiger partial charge on any atom is 0.227 e. The van der Waals surface area contributed by atoms with E-state index in [1.54, 1.807) is 0 Å². The number of ether oxygens (including phenoxy) is 1. The molecule has 1 aliphatic carbocycles. The van der Waals surface area contributed by atoms with Gasteiger partial charge in [-0.25, -0.2) is 0 Å². The number of carbonyl (C=O) groups excluding carboxylic acids is 1. The molecule has 1 saturated carbocycles. The maximum atomic E-state index is 12.6. The molecule has 2 unspecified atom stereocenters. The minimum absolute atomic E-state index is 0.177. The highest BCUT2D eigenvalue weighted by atomic mass is 16.5. The molecule has 4 nitrogen and oxygen atoms in total. The first kappa shape index (κ1) is 14.8. The van der Waals surface area contributed by atoms with Gasteiger partial charge in [0.25, 0.3) is 0 Å². The van der Waals surface area contributed by atoms with Gasteiger partial charge in [0.15, 0.2) is 0 Å².